The molecule has 0 saturated carbocycles. The Bertz CT molecular complexity index is 605. The highest BCUT2D eigenvalue weighted by molar-refractivity contribution is 5.86. The van der Waals surface area contributed by atoms with Gasteiger partial charge in [0.05, 0.1) is 12.0 Å². The van der Waals surface area contributed by atoms with E-state index in [0.717, 1.165) is 0 Å². The Hall–Kier alpha value is -1.77. The van der Waals surface area contributed by atoms with Crippen molar-refractivity contribution in [2.24, 2.45) is 0 Å². The number of hydrogen-bond donors (Lipinski definition) is 3. The van der Waals surface area contributed by atoms with Crippen molar-refractivity contribution in [3.8, 4) is 0 Å². The summed E-state index contributed by atoms with van der Waals surface area (Å²) in [4.78, 5) is 7.90. The Labute approximate surface area is 107 Å². The van der Waals surface area contributed by atoms with Gasteiger partial charge in [0.1, 0.15) is 30.0 Å². The molecule has 0 bridgehead atoms. The molecule has 3 rings (SSSR count). The summed E-state index contributed by atoms with van der Waals surface area (Å²) in [7, 11) is 0. The van der Waals surface area contributed by atoms with E-state index in [1.54, 1.807) is 12.3 Å². The molecule has 0 aromatic carbocycles. The largest absolute Gasteiger partial charge is 0.394 e. The van der Waals surface area contributed by atoms with Crippen LogP contribution >= 0.6 is 0 Å². The van der Waals surface area contributed by atoms with Crippen LogP contribution in [-0.4, -0.2) is 49.7 Å². The predicted octanol–water partition coefficient (Wildman–Crippen LogP) is -0.398. The fourth-order valence-electron chi connectivity index (χ4n) is 2.28. The van der Waals surface area contributed by atoms with E-state index in [9.17, 15) is 9.50 Å². The lowest BCUT2D eigenvalue weighted by Crippen LogP contribution is -2.29. The van der Waals surface area contributed by atoms with Gasteiger partial charge in [0.2, 0.25) is 0 Å². The van der Waals surface area contributed by atoms with E-state index in [-0.39, 0.29) is 0 Å². The smallest absolute Gasteiger partial charge is 0.164 e. The minimum absolute atomic E-state index is 0.298. The van der Waals surface area contributed by atoms with Gasteiger partial charge in [0.15, 0.2) is 12.4 Å². The third kappa shape index (κ3) is 1.76. The molecule has 19 heavy (non-hydrogen) atoms. The van der Waals surface area contributed by atoms with Crippen LogP contribution in [0.2, 0.25) is 0 Å². The maximum Gasteiger partial charge on any atom is 0.164 e. The number of aliphatic hydroxyl groups is 2. The molecule has 7 nitrogen and oxygen atoms in total. The van der Waals surface area contributed by atoms with Crippen molar-refractivity contribution in [1.29, 1.82) is 0 Å². The lowest BCUT2D eigenvalue weighted by molar-refractivity contribution is -0.0492. The van der Waals surface area contributed by atoms with Crippen LogP contribution in [0.3, 0.4) is 0 Å². The van der Waals surface area contributed by atoms with E-state index in [1.807, 2.05) is 0 Å². The molecule has 0 radical (unpaired) electrons. The first-order chi connectivity index (χ1) is 9.13. The van der Waals surface area contributed by atoms with Crippen LogP contribution in [0.25, 0.3) is 11.0 Å². The summed E-state index contributed by atoms with van der Waals surface area (Å²) in [6.07, 6.45) is -2.13. The van der Waals surface area contributed by atoms with Gasteiger partial charge in [-0.1, -0.05) is 0 Å². The van der Waals surface area contributed by atoms with E-state index in [2.05, 4.69) is 9.97 Å². The highest BCUT2D eigenvalue weighted by Crippen LogP contribution is 2.33. The van der Waals surface area contributed by atoms with Gasteiger partial charge >= 0.3 is 0 Å². The van der Waals surface area contributed by atoms with Gasteiger partial charge < -0.3 is 25.3 Å². The molecule has 0 aliphatic carbocycles. The Morgan fingerprint density at radius 3 is 2.95 bits per heavy atom. The Morgan fingerprint density at radius 1 is 1.47 bits per heavy atom. The van der Waals surface area contributed by atoms with Crippen molar-refractivity contribution < 1.29 is 19.3 Å². The summed E-state index contributed by atoms with van der Waals surface area (Å²) in [5, 5.41) is 19.4. The van der Waals surface area contributed by atoms with Crippen molar-refractivity contribution in [2.45, 2.75) is 24.6 Å². The lowest BCUT2D eigenvalue weighted by atomic mass is 10.1. The molecule has 102 valence electrons. The Kier molecular flexibility index (Phi) is 2.85. The van der Waals surface area contributed by atoms with E-state index in [0.29, 0.717) is 16.9 Å². The number of hydrogen-bond acceptors (Lipinski definition) is 6. The number of aliphatic hydroxyl groups excluding tert-OH is 2. The second kappa shape index (κ2) is 4.41. The monoisotopic (exact) mass is 268 g/mol. The molecule has 0 amide bonds. The molecule has 4 N–H and O–H groups in total. The number of nitrogens with two attached hydrogens (primary N) is 1. The molecule has 4 atom stereocenters. The quantitative estimate of drug-likeness (QED) is 0.684. The summed E-state index contributed by atoms with van der Waals surface area (Å²) in [6, 6.07) is 1.67. The summed E-state index contributed by atoms with van der Waals surface area (Å²) in [5.41, 5.74) is 6.15. The molecule has 1 fully saturated rings. The van der Waals surface area contributed by atoms with Crippen LogP contribution in [0.1, 0.15) is 6.23 Å². The number of aromatic nitrogens is 3. The van der Waals surface area contributed by atoms with Gasteiger partial charge in [-0.25, -0.2) is 14.4 Å². The summed E-state index contributed by atoms with van der Waals surface area (Å²) in [6.45, 7) is -0.495. The summed E-state index contributed by atoms with van der Waals surface area (Å²) >= 11 is 0. The van der Waals surface area contributed by atoms with Crippen molar-refractivity contribution in [3.63, 3.8) is 0 Å². The average Bonchev–Trinajstić information content (AvgIpc) is 2.94. The van der Waals surface area contributed by atoms with Crippen molar-refractivity contribution >= 4 is 16.9 Å². The van der Waals surface area contributed by atoms with Crippen LogP contribution in [0.4, 0.5) is 10.2 Å². The number of ether oxygens (including phenoxy) is 1. The fraction of sp³-hybridized carbons (Fsp3) is 0.455. The van der Waals surface area contributed by atoms with Crippen LogP contribution in [0, 0.1) is 0 Å². The predicted molar refractivity (Wildman–Crippen MR) is 63.8 cm³/mol. The molecular formula is C11H13FN4O3. The second-order valence-electron chi connectivity index (χ2n) is 4.40. The van der Waals surface area contributed by atoms with Crippen molar-refractivity contribution in [2.75, 3.05) is 12.3 Å². The topological polar surface area (TPSA) is 106 Å². The maximum atomic E-state index is 13.7. The number of nitrogens with zero attached hydrogens (tertiary/aromatic N) is 3. The van der Waals surface area contributed by atoms with Crippen LogP contribution < -0.4 is 5.73 Å². The zero-order valence-electron chi connectivity index (χ0n) is 9.85. The highest BCUT2D eigenvalue weighted by atomic mass is 19.1. The Morgan fingerprint density at radius 2 is 2.26 bits per heavy atom. The zero-order chi connectivity index (χ0) is 13.6. The average molecular weight is 268 g/mol. The summed E-state index contributed by atoms with van der Waals surface area (Å²) in [5.74, 6) is 0.298. The van der Waals surface area contributed by atoms with E-state index in [4.69, 9.17) is 15.6 Å². The molecule has 1 aliphatic rings. The van der Waals surface area contributed by atoms with Gasteiger partial charge in [0, 0.05) is 6.20 Å². The molecule has 3 heterocycles. The number of alkyl halides is 1. The third-order valence-corrected chi connectivity index (χ3v) is 3.28. The zero-order valence-corrected chi connectivity index (χ0v) is 9.85. The number of nitrogen functional groups attached to an aromatic ring is 1. The van der Waals surface area contributed by atoms with Crippen LogP contribution in [0.5, 0.6) is 0 Å². The molecule has 8 heteroatoms. The van der Waals surface area contributed by atoms with E-state index < -0.39 is 31.2 Å². The molecule has 1 saturated heterocycles. The van der Waals surface area contributed by atoms with Crippen molar-refractivity contribution in [1.82, 2.24) is 14.5 Å². The first-order valence-electron chi connectivity index (χ1n) is 5.79. The van der Waals surface area contributed by atoms with Crippen LogP contribution in [0.15, 0.2) is 18.6 Å². The van der Waals surface area contributed by atoms with E-state index >= 15 is 0 Å². The first-order valence-corrected chi connectivity index (χ1v) is 5.79. The fourth-order valence-corrected chi connectivity index (χ4v) is 2.28. The minimum Gasteiger partial charge on any atom is -0.394 e. The number of rotatable bonds is 2. The number of fused-ring (bicyclic) bond motifs is 1. The molecule has 2 aromatic heterocycles. The van der Waals surface area contributed by atoms with Gasteiger partial charge in [-0.2, -0.15) is 0 Å². The van der Waals surface area contributed by atoms with Crippen molar-refractivity contribution in [3.05, 3.63) is 18.6 Å². The normalized spacial score (nSPS) is 31.1. The SMILES string of the molecule is Nc1ncnc2c1ccn2[C@@H]1O[C@H](CO)[C@@H](F)[C@H]1O. The van der Waals surface area contributed by atoms with Crippen LogP contribution in [-0.2, 0) is 4.74 Å². The van der Waals surface area contributed by atoms with E-state index in [1.165, 1.54) is 10.9 Å². The van der Waals surface area contributed by atoms with Gasteiger partial charge in [0.25, 0.3) is 0 Å². The summed E-state index contributed by atoms with van der Waals surface area (Å²) < 4.78 is 20.5. The minimum atomic E-state index is -1.65. The standard InChI is InChI=1S/C11H13FN4O3/c12-7-6(3-17)19-11(8(7)18)16-2-1-5-9(13)14-4-15-10(5)16/h1-2,4,6-8,11,17-18H,3H2,(H2,13,14,15)/t6-,7-,8-,11-/m1/s1. The highest BCUT2D eigenvalue weighted by Gasteiger charge is 2.45. The third-order valence-electron chi connectivity index (χ3n) is 3.28. The van der Waals surface area contributed by atoms with Gasteiger partial charge in [-0.05, 0) is 6.07 Å². The van der Waals surface area contributed by atoms with Gasteiger partial charge in [-0.3, -0.25) is 0 Å². The lowest BCUT2D eigenvalue weighted by Gasteiger charge is -2.16. The maximum absolute atomic E-state index is 13.7. The number of halogens is 1. The Balaban J connectivity index is 2.04. The molecular weight excluding hydrogens is 255 g/mol. The molecule has 1 aliphatic heterocycles. The molecule has 0 spiro atoms. The molecule has 2 aromatic rings. The molecule has 0 unspecified atom stereocenters. The second-order valence-corrected chi connectivity index (χ2v) is 4.40. The number of anilines is 1. The first kappa shape index (κ1) is 12.3. The van der Waals surface area contributed by atoms with Gasteiger partial charge in [-0.15, -0.1) is 0 Å².